The quantitative estimate of drug-likeness (QED) is 0.597. The van der Waals surface area contributed by atoms with Gasteiger partial charge in [-0.25, -0.2) is 9.97 Å². The van der Waals surface area contributed by atoms with Gasteiger partial charge < -0.3 is 9.80 Å². The Balaban J connectivity index is 1.23. The summed E-state index contributed by atoms with van der Waals surface area (Å²) in [5, 5.41) is 1.11. The molecule has 32 heavy (non-hydrogen) atoms. The van der Waals surface area contributed by atoms with Crippen LogP contribution in [-0.2, 0) is 4.79 Å². The van der Waals surface area contributed by atoms with Crippen molar-refractivity contribution in [2.45, 2.75) is 45.4 Å². The first-order valence-electron chi connectivity index (χ1n) is 11.9. The summed E-state index contributed by atoms with van der Waals surface area (Å²) in [5.74, 6) is 1.72. The van der Waals surface area contributed by atoms with Gasteiger partial charge in [0.15, 0.2) is 0 Å². The highest BCUT2D eigenvalue weighted by atomic mass is 16.2. The van der Waals surface area contributed by atoms with Crippen LogP contribution in [0.1, 0.15) is 48.4 Å². The van der Waals surface area contributed by atoms with Gasteiger partial charge in [0.25, 0.3) is 0 Å². The maximum atomic E-state index is 13.4. The van der Waals surface area contributed by atoms with Gasteiger partial charge in [-0.2, -0.15) is 0 Å². The lowest BCUT2D eigenvalue weighted by molar-refractivity contribution is -0.137. The molecule has 1 unspecified atom stereocenters. The molecule has 5 nitrogen and oxygen atoms in total. The van der Waals surface area contributed by atoms with Gasteiger partial charge in [0.05, 0.1) is 11.2 Å². The number of nitrogens with zero attached hydrogens (tertiary/aromatic N) is 4. The van der Waals surface area contributed by atoms with Crippen LogP contribution in [0.4, 0.5) is 5.95 Å². The first-order valence-corrected chi connectivity index (χ1v) is 11.9. The van der Waals surface area contributed by atoms with Gasteiger partial charge in [-0.3, -0.25) is 4.79 Å². The summed E-state index contributed by atoms with van der Waals surface area (Å²) in [6, 6.07) is 16.8. The van der Waals surface area contributed by atoms with E-state index in [1.54, 1.807) is 0 Å². The van der Waals surface area contributed by atoms with Crippen LogP contribution < -0.4 is 4.90 Å². The van der Waals surface area contributed by atoms with Gasteiger partial charge in [0.2, 0.25) is 11.9 Å². The second-order valence-corrected chi connectivity index (χ2v) is 9.37. The van der Waals surface area contributed by atoms with E-state index in [0.717, 1.165) is 68.0 Å². The molecule has 2 aromatic carbocycles. The number of fused-ring (bicyclic) bond motifs is 1. The number of aryl methyl sites for hydroxylation is 2. The number of hydrogen-bond donors (Lipinski definition) is 0. The Hall–Kier alpha value is -2.95. The molecule has 0 bridgehead atoms. The van der Waals surface area contributed by atoms with Crippen LogP contribution in [0, 0.1) is 19.8 Å². The number of aromatic nitrogens is 2. The van der Waals surface area contributed by atoms with Gasteiger partial charge >= 0.3 is 0 Å². The number of likely N-dealkylation sites (tertiary alicyclic amines) is 1. The molecular formula is C27H32N4O. The SMILES string of the molecule is Cc1ccccc1C1CCCN(C(=O)C2CCN(c3nc(C)c4ccccc4n3)CC2)C1. The third-order valence-corrected chi connectivity index (χ3v) is 7.27. The molecule has 5 heteroatoms. The smallest absolute Gasteiger partial charge is 0.226 e. The second kappa shape index (κ2) is 8.89. The summed E-state index contributed by atoms with van der Waals surface area (Å²) in [6.45, 7) is 7.66. The molecule has 3 aromatic rings. The summed E-state index contributed by atoms with van der Waals surface area (Å²) in [7, 11) is 0. The van der Waals surface area contributed by atoms with E-state index in [4.69, 9.17) is 9.97 Å². The lowest BCUT2D eigenvalue weighted by atomic mass is 9.86. The van der Waals surface area contributed by atoms with Crippen molar-refractivity contribution in [1.29, 1.82) is 0 Å². The summed E-state index contributed by atoms with van der Waals surface area (Å²) in [6.07, 6.45) is 4.01. The molecule has 3 heterocycles. The highest BCUT2D eigenvalue weighted by molar-refractivity contribution is 5.82. The minimum Gasteiger partial charge on any atom is -0.342 e. The van der Waals surface area contributed by atoms with Crippen molar-refractivity contribution in [2.75, 3.05) is 31.1 Å². The number of carbonyl (C=O) groups excluding carboxylic acids is 1. The summed E-state index contributed by atoms with van der Waals surface area (Å²) < 4.78 is 0. The third kappa shape index (κ3) is 4.08. The van der Waals surface area contributed by atoms with Crippen molar-refractivity contribution in [3.05, 3.63) is 65.4 Å². The summed E-state index contributed by atoms with van der Waals surface area (Å²) in [5.41, 5.74) is 4.75. The fraction of sp³-hybridized carbons (Fsp3) is 0.444. The summed E-state index contributed by atoms with van der Waals surface area (Å²) >= 11 is 0. The van der Waals surface area contributed by atoms with E-state index in [-0.39, 0.29) is 5.92 Å². The average Bonchev–Trinajstić information content (AvgIpc) is 2.84. The molecule has 1 amide bonds. The summed E-state index contributed by atoms with van der Waals surface area (Å²) in [4.78, 5) is 27.3. The van der Waals surface area contributed by atoms with E-state index in [1.165, 1.54) is 17.5 Å². The Morgan fingerprint density at radius 1 is 0.906 bits per heavy atom. The first-order chi connectivity index (χ1) is 15.6. The molecule has 0 radical (unpaired) electrons. The van der Waals surface area contributed by atoms with Gasteiger partial charge in [-0.05, 0) is 56.7 Å². The molecule has 0 aliphatic carbocycles. The molecule has 166 valence electrons. The van der Waals surface area contributed by atoms with Crippen LogP contribution in [0.5, 0.6) is 0 Å². The van der Waals surface area contributed by atoms with Crippen LogP contribution in [0.3, 0.4) is 0 Å². The first kappa shape index (κ1) is 20.9. The largest absolute Gasteiger partial charge is 0.342 e. The minimum atomic E-state index is 0.114. The Morgan fingerprint density at radius 3 is 2.47 bits per heavy atom. The highest BCUT2D eigenvalue weighted by Gasteiger charge is 2.32. The van der Waals surface area contributed by atoms with E-state index >= 15 is 0 Å². The standard InChI is InChI=1S/C27H32N4O/c1-19-8-3-4-10-23(19)22-9-7-15-31(18-22)26(32)21-13-16-30(17-14-21)27-28-20(2)24-11-5-6-12-25(24)29-27/h3-6,8,10-12,21-22H,7,9,13-18H2,1-2H3. The predicted molar refractivity (Wildman–Crippen MR) is 129 cm³/mol. The maximum absolute atomic E-state index is 13.4. The zero-order valence-corrected chi connectivity index (χ0v) is 19.1. The van der Waals surface area contributed by atoms with Crippen molar-refractivity contribution in [2.24, 2.45) is 5.92 Å². The molecule has 0 spiro atoms. The average molecular weight is 429 g/mol. The van der Waals surface area contributed by atoms with Crippen LogP contribution in [0.15, 0.2) is 48.5 Å². The van der Waals surface area contributed by atoms with Crippen LogP contribution >= 0.6 is 0 Å². The number of hydrogen-bond acceptors (Lipinski definition) is 4. The van der Waals surface area contributed by atoms with E-state index in [1.807, 2.05) is 25.1 Å². The lowest BCUT2D eigenvalue weighted by Gasteiger charge is -2.38. The lowest BCUT2D eigenvalue weighted by Crippen LogP contribution is -2.46. The number of rotatable bonds is 3. The van der Waals surface area contributed by atoms with Crippen LogP contribution in [0.25, 0.3) is 10.9 Å². The molecule has 2 aliphatic rings. The molecule has 0 N–H and O–H groups in total. The Bertz CT molecular complexity index is 1120. The zero-order chi connectivity index (χ0) is 22.1. The Morgan fingerprint density at radius 2 is 1.66 bits per heavy atom. The van der Waals surface area contributed by atoms with Crippen molar-refractivity contribution in [3.63, 3.8) is 0 Å². The number of amides is 1. The predicted octanol–water partition coefficient (Wildman–Crippen LogP) is 4.87. The number of benzene rings is 2. The van der Waals surface area contributed by atoms with Crippen LogP contribution in [0.2, 0.25) is 0 Å². The number of anilines is 1. The third-order valence-electron chi connectivity index (χ3n) is 7.27. The van der Waals surface area contributed by atoms with E-state index in [2.05, 4.69) is 47.1 Å². The Kier molecular flexibility index (Phi) is 5.81. The molecule has 2 aliphatic heterocycles. The minimum absolute atomic E-state index is 0.114. The maximum Gasteiger partial charge on any atom is 0.226 e. The number of carbonyl (C=O) groups is 1. The second-order valence-electron chi connectivity index (χ2n) is 9.37. The van der Waals surface area contributed by atoms with E-state index < -0.39 is 0 Å². The van der Waals surface area contributed by atoms with Crippen molar-refractivity contribution < 1.29 is 4.79 Å². The Labute approximate surface area is 190 Å². The van der Waals surface area contributed by atoms with Gasteiger partial charge in [-0.1, -0.05) is 42.5 Å². The van der Waals surface area contributed by atoms with E-state index in [0.29, 0.717) is 11.8 Å². The molecule has 1 atom stereocenters. The number of para-hydroxylation sites is 1. The number of piperidine rings is 2. The highest BCUT2D eigenvalue weighted by Crippen LogP contribution is 2.31. The van der Waals surface area contributed by atoms with Crippen molar-refractivity contribution in [3.8, 4) is 0 Å². The monoisotopic (exact) mass is 428 g/mol. The molecule has 0 saturated carbocycles. The fourth-order valence-electron chi connectivity index (χ4n) is 5.42. The topological polar surface area (TPSA) is 49.3 Å². The van der Waals surface area contributed by atoms with Gasteiger partial charge in [-0.15, -0.1) is 0 Å². The fourth-order valence-corrected chi connectivity index (χ4v) is 5.42. The molecule has 1 aromatic heterocycles. The van der Waals surface area contributed by atoms with Crippen LogP contribution in [-0.4, -0.2) is 47.0 Å². The van der Waals surface area contributed by atoms with Gasteiger partial charge in [0.1, 0.15) is 0 Å². The van der Waals surface area contributed by atoms with Crippen molar-refractivity contribution >= 4 is 22.8 Å². The zero-order valence-electron chi connectivity index (χ0n) is 19.1. The molecule has 2 fully saturated rings. The molecule has 5 rings (SSSR count). The molecule has 2 saturated heterocycles. The van der Waals surface area contributed by atoms with E-state index in [9.17, 15) is 4.79 Å². The normalized spacial score (nSPS) is 20.0. The molecular weight excluding hydrogens is 396 g/mol. The van der Waals surface area contributed by atoms with Crippen molar-refractivity contribution in [1.82, 2.24) is 14.9 Å². The van der Waals surface area contributed by atoms with Gasteiger partial charge in [0, 0.05) is 43.4 Å².